The first-order chi connectivity index (χ1) is 8.32. The quantitative estimate of drug-likeness (QED) is 0.816. The lowest BCUT2D eigenvalue weighted by atomic mass is 9.93. The molecule has 0 bridgehead atoms. The average molecular weight is 249 g/mol. The molecule has 0 saturated carbocycles. The highest BCUT2D eigenvalue weighted by atomic mass is 16.3. The van der Waals surface area contributed by atoms with Crippen molar-refractivity contribution in [2.45, 2.75) is 33.7 Å². The molecule has 3 nitrogen and oxygen atoms in total. The summed E-state index contributed by atoms with van der Waals surface area (Å²) in [5.74, 6) is 0.517. The van der Waals surface area contributed by atoms with Crippen LogP contribution in [0.3, 0.4) is 0 Å². The van der Waals surface area contributed by atoms with Crippen LogP contribution < -0.4 is 0 Å². The van der Waals surface area contributed by atoms with Crippen molar-refractivity contribution in [3.8, 4) is 5.75 Å². The van der Waals surface area contributed by atoms with Gasteiger partial charge >= 0.3 is 0 Å². The summed E-state index contributed by atoms with van der Waals surface area (Å²) >= 11 is 0. The molecule has 0 aliphatic rings. The maximum Gasteiger partial charge on any atom is 0.163 e. The number of hydrogen-bond acceptors (Lipinski definition) is 3. The Kier molecular flexibility index (Phi) is 4.91. The first kappa shape index (κ1) is 14.7. The monoisotopic (exact) mass is 249 g/mol. The molecule has 1 rings (SSSR count). The van der Waals surface area contributed by atoms with Gasteiger partial charge in [0.05, 0.1) is 5.56 Å². The molecule has 1 aromatic carbocycles. The Morgan fingerprint density at radius 2 is 1.94 bits per heavy atom. The highest BCUT2D eigenvalue weighted by Gasteiger charge is 2.16. The van der Waals surface area contributed by atoms with Gasteiger partial charge in [0.1, 0.15) is 5.75 Å². The molecule has 0 fully saturated rings. The number of phenolic OH excluding ortho intramolecular Hbond substituents is 1. The number of aromatic hydroxyl groups is 1. The number of ketones is 1. The molecule has 0 saturated heterocycles. The van der Waals surface area contributed by atoms with Gasteiger partial charge in [-0.2, -0.15) is 0 Å². The molecule has 0 spiro atoms. The third-order valence-electron chi connectivity index (χ3n) is 2.86. The van der Waals surface area contributed by atoms with E-state index in [4.69, 9.17) is 0 Å². The van der Waals surface area contributed by atoms with E-state index in [1.165, 1.54) is 6.92 Å². The predicted molar refractivity (Wildman–Crippen MR) is 74.0 cm³/mol. The Morgan fingerprint density at radius 1 is 1.33 bits per heavy atom. The van der Waals surface area contributed by atoms with E-state index in [1.807, 2.05) is 20.2 Å². The van der Waals surface area contributed by atoms with Crippen molar-refractivity contribution in [3.05, 3.63) is 28.8 Å². The van der Waals surface area contributed by atoms with Crippen LogP contribution in [0.5, 0.6) is 5.75 Å². The van der Waals surface area contributed by atoms with Crippen LogP contribution in [0, 0.1) is 5.92 Å². The number of carbonyl (C=O) groups excluding carboxylic acids is 1. The lowest BCUT2D eigenvalue weighted by molar-refractivity contribution is 0.101. The van der Waals surface area contributed by atoms with E-state index in [1.54, 1.807) is 6.07 Å². The highest BCUT2D eigenvalue weighted by Crippen LogP contribution is 2.29. The maximum absolute atomic E-state index is 11.5. The lowest BCUT2D eigenvalue weighted by Crippen LogP contribution is -2.14. The zero-order valence-corrected chi connectivity index (χ0v) is 11.9. The van der Waals surface area contributed by atoms with Gasteiger partial charge in [0.2, 0.25) is 0 Å². The fraction of sp³-hybridized carbons (Fsp3) is 0.533. The topological polar surface area (TPSA) is 40.5 Å². The molecule has 0 aliphatic heterocycles. The predicted octanol–water partition coefficient (Wildman–Crippen LogP) is 2.85. The SMILES string of the molecule is CC(=O)c1ccc(CN(C)C)c(CC(C)C)c1O. The van der Waals surface area contributed by atoms with E-state index in [0.29, 0.717) is 11.5 Å². The third-order valence-corrected chi connectivity index (χ3v) is 2.86. The van der Waals surface area contributed by atoms with Gasteiger partial charge in [-0.1, -0.05) is 19.9 Å². The van der Waals surface area contributed by atoms with Gasteiger partial charge in [0.25, 0.3) is 0 Å². The molecule has 0 amide bonds. The van der Waals surface area contributed by atoms with Crippen molar-refractivity contribution < 1.29 is 9.90 Å². The molecule has 1 aromatic rings. The number of hydrogen-bond donors (Lipinski definition) is 1. The summed E-state index contributed by atoms with van der Waals surface area (Å²) in [4.78, 5) is 13.5. The van der Waals surface area contributed by atoms with Crippen LogP contribution >= 0.6 is 0 Å². The first-order valence-corrected chi connectivity index (χ1v) is 6.32. The first-order valence-electron chi connectivity index (χ1n) is 6.32. The second-order valence-corrected chi connectivity index (χ2v) is 5.49. The van der Waals surface area contributed by atoms with Crippen molar-refractivity contribution in [2.24, 2.45) is 5.92 Å². The molecule has 1 N–H and O–H groups in total. The second-order valence-electron chi connectivity index (χ2n) is 5.49. The van der Waals surface area contributed by atoms with Crippen molar-refractivity contribution in [2.75, 3.05) is 14.1 Å². The Bertz CT molecular complexity index is 436. The minimum Gasteiger partial charge on any atom is -0.507 e. The van der Waals surface area contributed by atoms with Crippen molar-refractivity contribution in [1.29, 1.82) is 0 Å². The van der Waals surface area contributed by atoms with Gasteiger partial charge in [-0.3, -0.25) is 4.79 Å². The summed E-state index contributed by atoms with van der Waals surface area (Å²) in [6.45, 7) is 6.48. The Labute approximate surface area is 109 Å². The van der Waals surface area contributed by atoms with Gasteiger partial charge in [-0.05, 0) is 50.6 Å². The number of rotatable bonds is 5. The zero-order chi connectivity index (χ0) is 13.9. The summed E-state index contributed by atoms with van der Waals surface area (Å²) in [6, 6.07) is 3.68. The van der Waals surface area contributed by atoms with Crippen LogP contribution in [0.15, 0.2) is 12.1 Å². The Hall–Kier alpha value is -1.35. The van der Waals surface area contributed by atoms with E-state index in [9.17, 15) is 9.90 Å². The normalized spacial score (nSPS) is 11.3. The second kappa shape index (κ2) is 6.01. The minimum atomic E-state index is -0.0890. The number of phenols is 1. The number of Topliss-reactive ketones (excluding diaryl/α,β-unsaturated/α-hetero) is 1. The standard InChI is InChI=1S/C15H23NO2/c1-10(2)8-14-12(9-16(4)5)6-7-13(11(3)17)15(14)18/h6-7,10,18H,8-9H2,1-5H3. The summed E-state index contributed by atoms with van der Waals surface area (Å²) in [6.07, 6.45) is 0.788. The van der Waals surface area contributed by atoms with E-state index in [0.717, 1.165) is 24.1 Å². The van der Waals surface area contributed by atoms with Crippen LogP contribution in [-0.4, -0.2) is 29.9 Å². The molecule has 18 heavy (non-hydrogen) atoms. The van der Waals surface area contributed by atoms with Crippen LogP contribution in [0.1, 0.15) is 42.3 Å². The zero-order valence-electron chi connectivity index (χ0n) is 11.9. The van der Waals surface area contributed by atoms with E-state index in [-0.39, 0.29) is 11.5 Å². The molecular formula is C15H23NO2. The van der Waals surface area contributed by atoms with Crippen LogP contribution in [0.4, 0.5) is 0 Å². The Morgan fingerprint density at radius 3 is 2.39 bits per heavy atom. The maximum atomic E-state index is 11.5. The largest absolute Gasteiger partial charge is 0.507 e. The van der Waals surface area contributed by atoms with Crippen molar-refractivity contribution in [1.82, 2.24) is 4.90 Å². The van der Waals surface area contributed by atoms with Gasteiger partial charge < -0.3 is 10.0 Å². The van der Waals surface area contributed by atoms with Gasteiger partial charge in [-0.25, -0.2) is 0 Å². The molecule has 0 aromatic heterocycles. The third kappa shape index (κ3) is 3.57. The van der Waals surface area contributed by atoms with Gasteiger partial charge in [0, 0.05) is 6.54 Å². The van der Waals surface area contributed by atoms with Crippen molar-refractivity contribution >= 4 is 5.78 Å². The van der Waals surface area contributed by atoms with E-state index < -0.39 is 0 Å². The smallest absolute Gasteiger partial charge is 0.163 e. The van der Waals surface area contributed by atoms with Gasteiger partial charge in [-0.15, -0.1) is 0 Å². The fourth-order valence-electron chi connectivity index (χ4n) is 2.09. The van der Waals surface area contributed by atoms with E-state index >= 15 is 0 Å². The highest BCUT2D eigenvalue weighted by molar-refractivity contribution is 5.97. The molecular weight excluding hydrogens is 226 g/mol. The molecule has 0 radical (unpaired) electrons. The molecule has 100 valence electrons. The molecule has 0 atom stereocenters. The lowest BCUT2D eigenvalue weighted by Gasteiger charge is -2.18. The average Bonchev–Trinajstić information content (AvgIpc) is 2.21. The summed E-state index contributed by atoms with van der Waals surface area (Å²) in [5.41, 5.74) is 2.43. The van der Waals surface area contributed by atoms with Crippen LogP contribution in [-0.2, 0) is 13.0 Å². The number of nitrogens with zero attached hydrogens (tertiary/aromatic N) is 1. The van der Waals surface area contributed by atoms with Crippen LogP contribution in [0.25, 0.3) is 0 Å². The fourth-order valence-corrected chi connectivity index (χ4v) is 2.09. The summed E-state index contributed by atoms with van der Waals surface area (Å²) in [7, 11) is 3.99. The summed E-state index contributed by atoms with van der Waals surface area (Å²) in [5, 5.41) is 10.3. The molecule has 0 aliphatic carbocycles. The number of benzene rings is 1. The number of carbonyl (C=O) groups is 1. The minimum absolute atomic E-state index is 0.0890. The summed E-state index contributed by atoms with van der Waals surface area (Å²) < 4.78 is 0. The van der Waals surface area contributed by atoms with Gasteiger partial charge in [0.15, 0.2) is 5.78 Å². The molecule has 3 heteroatoms. The van der Waals surface area contributed by atoms with Crippen LogP contribution in [0.2, 0.25) is 0 Å². The van der Waals surface area contributed by atoms with E-state index in [2.05, 4.69) is 18.7 Å². The molecule has 0 unspecified atom stereocenters. The van der Waals surface area contributed by atoms with Crippen molar-refractivity contribution in [3.63, 3.8) is 0 Å². The molecule has 0 heterocycles. The Balaban J connectivity index is 3.26.